The first kappa shape index (κ1) is 19.6. The number of carbonyl (C=O) groups is 2. The number of carbonyl (C=O) groups excluding carboxylic acids is 2. The summed E-state index contributed by atoms with van der Waals surface area (Å²) in [5.41, 5.74) is 1.57. The molecule has 146 valence electrons. The molecule has 1 atom stereocenters. The van der Waals surface area contributed by atoms with Crippen LogP contribution in [0.5, 0.6) is 0 Å². The number of amides is 2. The van der Waals surface area contributed by atoms with E-state index in [4.69, 9.17) is 0 Å². The van der Waals surface area contributed by atoms with Crippen molar-refractivity contribution in [3.63, 3.8) is 0 Å². The summed E-state index contributed by atoms with van der Waals surface area (Å²) in [5, 5.41) is 5.92. The molecule has 1 saturated carbocycles. The lowest BCUT2D eigenvalue weighted by Crippen LogP contribution is -2.36. The van der Waals surface area contributed by atoms with Crippen molar-refractivity contribution in [3.8, 4) is 0 Å². The number of benzene rings is 1. The fourth-order valence-corrected chi connectivity index (χ4v) is 3.48. The van der Waals surface area contributed by atoms with E-state index in [1.165, 1.54) is 25.9 Å². The van der Waals surface area contributed by atoms with Crippen LogP contribution in [0.25, 0.3) is 6.08 Å². The van der Waals surface area contributed by atoms with Crippen LogP contribution in [0, 0.1) is 5.92 Å². The maximum absolute atomic E-state index is 12.0. The SMILES string of the molecule is CC1CCCN(CCCNC(=O)/C=C/c2ccc(C(=O)NC3CC3)cc2)C1. The highest BCUT2D eigenvalue weighted by Gasteiger charge is 2.23. The zero-order chi connectivity index (χ0) is 19.1. The normalized spacial score (nSPS) is 20.6. The van der Waals surface area contributed by atoms with Crippen LogP contribution < -0.4 is 10.6 Å². The van der Waals surface area contributed by atoms with E-state index in [0.717, 1.165) is 37.3 Å². The molecule has 0 spiro atoms. The molecule has 2 N–H and O–H groups in total. The first-order valence-corrected chi connectivity index (χ1v) is 10.2. The Balaban J connectivity index is 1.34. The number of likely N-dealkylation sites (tertiary alicyclic amines) is 1. The lowest BCUT2D eigenvalue weighted by Gasteiger charge is -2.30. The molecule has 3 rings (SSSR count). The molecule has 2 aliphatic rings. The van der Waals surface area contributed by atoms with Crippen LogP contribution in [0.4, 0.5) is 0 Å². The Hall–Kier alpha value is -2.14. The standard InChI is InChI=1S/C22H31N3O2/c1-17-4-2-14-25(16-17)15-3-13-23-21(26)12-7-18-5-8-19(9-6-18)22(27)24-20-10-11-20/h5-9,12,17,20H,2-4,10-11,13-16H2,1H3,(H,23,26)(H,24,27)/b12-7+. The van der Waals surface area contributed by atoms with Gasteiger partial charge in [-0.15, -0.1) is 0 Å². The Morgan fingerprint density at radius 1 is 1.19 bits per heavy atom. The van der Waals surface area contributed by atoms with Gasteiger partial charge < -0.3 is 15.5 Å². The largest absolute Gasteiger partial charge is 0.353 e. The molecular formula is C22H31N3O2. The lowest BCUT2D eigenvalue weighted by atomic mass is 10.0. The zero-order valence-electron chi connectivity index (χ0n) is 16.2. The molecule has 0 radical (unpaired) electrons. The van der Waals surface area contributed by atoms with Crippen molar-refractivity contribution in [3.05, 3.63) is 41.5 Å². The van der Waals surface area contributed by atoms with Gasteiger partial charge in [-0.3, -0.25) is 9.59 Å². The average Bonchev–Trinajstić information content (AvgIpc) is 3.48. The van der Waals surface area contributed by atoms with Gasteiger partial charge in [-0.25, -0.2) is 0 Å². The second-order valence-electron chi connectivity index (χ2n) is 7.90. The van der Waals surface area contributed by atoms with E-state index in [1.807, 2.05) is 12.1 Å². The van der Waals surface area contributed by atoms with Crippen molar-refractivity contribution in [1.82, 2.24) is 15.5 Å². The smallest absolute Gasteiger partial charge is 0.251 e. The van der Waals surface area contributed by atoms with Crippen molar-refractivity contribution in [1.29, 1.82) is 0 Å². The predicted octanol–water partition coefficient (Wildman–Crippen LogP) is 2.83. The number of nitrogens with zero attached hydrogens (tertiary/aromatic N) is 1. The fourth-order valence-electron chi connectivity index (χ4n) is 3.48. The van der Waals surface area contributed by atoms with E-state index in [2.05, 4.69) is 22.5 Å². The van der Waals surface area contributed by atoms with E-state index < -0.39 is 0 Å². The zero-order valence-corrected chi connectivity index (χ0v) is 16.2. The molecule has 0 aromatic heterocycles. The van der Waals surface area contributed by atoms with Crippen LogP contribution >= 0.6 is 0 Å². The minimum atomic E-state index is -0.0717. The lowest BCUT2D eigenvalue weighted by molar-refractivity contribution is -0.116. The van der Waals surface area contributed by atoms with Crippen LogP contribution in [-0.2, 0) is 4.79 Å². The van der Waals surface area contributed by atoms with Gasteiger partial charge in [0.1, 0.15) is 0 Å². The quantitative estimate of drug-likeness (QED) is 0.547. The Morgan fingerprint density at radius 3 is 2.67 bits per heavy atom. The van der Waals surface area contributed by atoms with Crippen LogP contribution in [-0.4, -0.2) is 48.9 Å². The Bertz CT molecular complexity index is 665. The molecule has 1 aromatic rings. The summed E-state index contributed by atoms with van der Waals surface area (Å²) in [7, 11) is 0. The van der Waals surface area contributed by atoms with E-state index in [0.29, 0.717) is 18.2 Å². The minimum Gasteiger partial charge on any atom is -0.353 e. The minimum absolute atomic E-state index is 0.0196. The maximum Gasteiger partial charge on any atom is 0.251 e. The fraction of sp³-hybridized carbons (Fsp3) is 0.545. The number of rotatable bonds is 8. The van der Waals surface area contributed by atoms with E-state index in [9.17, 15) is 9.59 Å². The monoisotopic (exact) mass is 369 g/mol. The molecule has 1 aliphatic heterocycles. The topological polar surface area (TPSA) is 61.4 Å². The van der Waals surface area contributed by atoms with Crippen molar-refractivity contribution in [2.75, 3.05) is 26.2 Å². The highest BCUT2D eigenvalue weighted by Crippen LogP contribution is 2.19. The van der Waals surface area contributed by atoms with Crippen LogP contribution in [0.3, 0.4) is 0 Å². The van der Waals surface area contributed by atoms with Gasteiger partial charge in [0.2, 0.25) is 5.91 Å². The molecule has 0 bridgehead atoms. The summed E-state index contributed by atoms with van der Waals surface area (Å²) in [5.74, 6) is 0.703. The summed E-state index contributed by atoms with van der Waals surface area (Å²) < 4.78 is 0. The van der Waals surface area contributed by atoms with Crippen LogP contribution in [0.2, 0.25) is 0 Å². The average molecular weight is 370 g/mol. The first-order chi connectivity index (χ1) is 13.1. The molecule has 2 fully saturated rings. The number of piperidine rings is 1. The van der Waals surface area contributed by atoms with Crippen LogP contribution in [0.15, 0.2) is 30.3 Å². The Labute approximate surface area is 162 Å². The van der Waals surface area contributed by atoms with E-state index in [1.54, 1.807) is 24.3 Å². The molecule has 1 saturated heterocycles. The third-order valence-electron chi connectivity index (χ3n) is 5.20. The van der Waals surface area contributed by atoms with Crippen molar-refractivity contribution in [2.24, 2.45) is 5.92 Å². The molecule has 27 heavy (non-hydrogen) atoms. The number of hydrogen-bond donors (Lipinski definition) is 2. The van der Waals surface area contributed by atoms with E-state index >= 15 is 0 Å². The van der Waals surface area contributed by atoms with Gasteiger partial charge in [-0.2, -0.15) is 0 Å². The third kappa shape index (κ3) is 6.83. The Morgan fingerprint density at radius 2 is 1.96 bits per heavy atom. The van der Waals surface area contributed by atoms with Gasteiger partial charge in [0.15, 0.2) is 0 Å². The van der Waals surface area contributed by atoms with Gasteiger partial charge in [-0.05, 0) is 74.9 Å². The first-order valence-electron chi connectivity index (χ1n) is 10.2. The Kier molecular flexibility index (Phi) is 7.04. The molecule has 2 amide bonds. The third-order valence-corrected chi connectivity index (χ3v) is 5.20. The molecule has 1 aliphatic carbocycles. The summed E-state index contributed by atoms with van der Waals surface area (Å²) in [6, 6.07) is 7.69. The van der Waals surface area contributed by atoms with Crippen molar-refractivity contribution in [2.45, 2.75) is 45.1 Å². The van der Waals surface area contributed by atoms with Crippen molar-refractivity contribution < 1.29 is 9.59 Å². The van der Waals surface area contributed by atoms with Gasteiger partial charge in [0.05, 0.1) is 0 Å². The molecule has 5 nitrogen and oxygen atoms in total. The molecule has 5 heteroatoms. The molecule has 1 unspecified atom stereocenters. The van der Waals surface area contributed by atoms with Crippen molar-refractivity contribution >= 4 is 17.9 Å². The molecule has 1 heterocycles. The van der Waals surface area contributed by atoms with Gasteiger partial charge in [0.25, 0.3) is 5.91 Å². The predicted molar refractivity (Wildman–Crippen MR) is 108 cm³/mol. The second-order valence-corrected chi connectivity index (χ2v) is 7.90. The summed E-state index contributed by atoms with van der Waals surface area (Å²) in [6.45, 7) is 6.44. The molecule has 1 aromatic carbocycles. The van der Waals surface area contributed by atoms with Gasteiger partial charge in [-0.1, -0.05) is 19.1 Å². The number of hydrogen-bond acceptors (Lipinski definition) is 3. The highest BCUT2D eigenvalue weighted by atomic mass is 16.2. The van der Waals surface area contributed by atoms with Crippen LogP contribution in [0.1, 0.15) is 54.9 Å². The maximum atomic E-state index is 12.0. The summed E-state index contributed by atoms with van der Waals surface area (Å²) in [6.07, 6.45) is 9.11. The highest BCUT2D eigenvalue weighted by molar-refractivity contribution is 5.95. The second kappa shape index (κ2) is 9.70. The summed E-state index contributed by atoms with van der Waals surface area (Å²) >= 11 is 0. The van der Waals surface area contributed by atoms with Gasteiger partial charge >= 0.3 is 0 Å². The number of nitrogens with one attached hydrogen (secondary N) is 2. The van der Waals surface area contributed by atoms with E-state index in [-0.39, 0.29) is 11.8 Å². The molecular weight excluding hydrogens is 338 g/mol. The van der Waals surface area contributed by atoms with Gasteiger partial charge in [0, 0.05) is 30.8 Å². The summed E-state index contributed by atoms with van der Waals surface area (Å²) in [4.78, 5) is 26.4.